The Morgan fingerprint density at radius 2 is 1.88 bits per heavy atom. The molecule has 0 radical (unpaired) electrons. The summed E-state index contributed by atoms with van der Waals surface area (Å²) in [5.41, 5.74) is 8.01. The highest BCUT2D eigenvalue weighted by molar-refractivity contribution is 5.97. The van der Waals surface area contributed by atoms with E-state index in [-0.39, 0.29) is 11.9 Å². The quantitative estimate of drug-likeness (QED) is 0.917. The van der Waals surface area contributed by atoms with Crippen LogP contribution < -0.4 is 10.5 Å². The maximum Gasteiger partial charge on any atom is 0.254 e. The fourth-order valence-corrected chi connectivity index (χ4v) is 3.53. The molecule has 1 aromatic heterocycles. The largest absolute Gasteiger partial charge is 0.481 e. The number of carbonyl (C=O) groups excluding carboxylic acids is 2. The van der Waals surface area contributed by atoms with Crippen LogP contribution in [0.2, 0.25) is 0 Å². The lowest BCUT2D eigenvalue weighted by Gasteiger charge is -2.25. The number of amides is 2. The van der Waals surface area contributed by atoms with Gasteiger partial charge in [0.25, 0.3) is 5.91 Å². The topological polar surface area (TPSA) is 90.4 Å². The summed E-state index contributed by atoms with van der Waals surface area (Å²) in [6.07, 6.45) is 1.79. The summed E-state index contributed by atoms with van der Waals surface area (Å²) < 4.78 is 7.20. The molecule has 2 amide bonds. The van der Waals surface area contributed by atoms with Crippen molar-refractivity contribution in [3.05, 3.63) is 46.6 Å². The Kier molecular flexibility index (Phi) is 4.48. The number of aryl methyl sites for hydroxylation is 2. The Balaban J connectivity index is 1.91. The second kappa shape index (κ2) is 6.58. The van der Waals surface area contributed by atoms with Gasteiger partial charge in [0, 0.05) is 24.7 Å². The molecular weight excluding hydrogens is 320 g/mol. The molecule has 0 unspecified atom stereocenters. The second-order valence-electron chi connectivity index (χ2n) is 6.23. The summed E-state index contributed by atoms with van der Waals surface area (Å²) in [6.45, 7) is 2.61. The van der Waals surface area contributed by atoms with E-state index in [0.29, 0.717) is 23.6 Å². The molecule has 1 saturated heterocycles. The van der Waals surface area contributed by atoms with E-state index in [4.69, 9.17) is 10.5 Å². The molecule has 1 aliphatic rings. The third-order valence-electron chi connectivity index (χ3n) is 4.67. The number of hydrogen-bond donors (Lipinski definition) is 1. The van der Waals surface area contributed by atoms with Crippen molar-refractivity contribution >= 4 is 11.8 Å². The van der Waals surface area contributed by atoms with E-state index in [9.17, 15) is 9.59 Å². The average Bonchev–Trinajstić information content (AvgIpc) is 3.17. The summed E-state index contributed by atoms with van der Waals surface area (Å²) in [7, 11) is 3.45. The van der Waals surface area contributed by atoms with Gasteiger partial charge in [0.2, 0.25) is 11.8 Å². The van der Waals surface area contributed by atoms with Crippen LogP contribution in [0.1, 0.15) is 50.9 Å². The number of likely N-dealkylation sites (tertiary alicyclic amines) is 1. The Labute approximate surface area is 146 Å². The van der Waals surface area contributed by atoms with Crippen molar-refractivity contribution in [2.24, 2.45) is 12.8 Å². The number of carbonyl (C=O) groups is 2. The van der Waals surface area contributed by atoms with Crippen molar-refractivity contribution in [2.75, 3.05) is 13.7 Å². The van der Waals surface area contributed by atoms with E-state index in [0.717, 1.165) is 24.1 Å². The van der Waals surface area contributed by atoms with Gasteiger partial charge in [-0.15, -0.1) is 0 Å². The molecule has 1 atom stereocenters. The van der Waals surface area contributed by atoms with Crippen LogP contribution in [0.25, 0.3) is 0 Å². The number of nitrogens with zero attached hydrogens (tertiary/aromatic N) is 3. The minimum Gasteiger partial charge on any atom is -0.481 e. The molecule has 3 rings (SSSR count). The van der Waals surface area contributed by atoms with E-state index in [2.05, 4.69) is 5.10 Å². The minimum absolute atomic E-state index is 0.0630. The van der Waals surface area contributed by atoms with E-state index in [1.165, 1.54) is 0 Å². The molecule has 25 heavy (non-hydrogen) atoms. The van der Waals surface area contributed by atoms with E-state index < -0.39 is 5.91 Å². The number of hydrogen-bond acceptors (Lipinski definition) is 4. The summed E-state index contributed by atoms with van der Waals surface area (Å²) in [5.74, 6) is 0.115. The first-order valence-electron chi connectivity index (χ1n) is 8.22. The molecule has 0 bridgehead atoms. The highest BCUT2D eigenvalue weighted by Gasteiger charge is 2.35. The van der Waals surface area contributed by atoms with Crippen LogP contribution in [0.15, 0.2) is 24.3 Å². The van der Waals surface area contributed by atoms with E-state index in [1.807, 2.05) is 18.9 Å². The zero-order valence-electron chi connectivity index (χ0n) is 14.7. The monoisotopic (exact) mass is 342 g/mol. The Morgan fingerprint density at radius 1 is 1.24 bits per heavy atom. The zero-order valence-corrected chi connectivity index (χ0v) is 14.7. The number of primary amides is 1. The first-order valence-corrected chi connectivity index (χ1v) is 8.22. The third kappa shape index (κ3) is 2.97. The molecule has 132 valence electrons. The number of nitrogens with two attached hydrogens (primary N) is 1. The Bertz CT molecular complexity index is 810. The number of benzene rings is 1. The molecule has 0 spiro atoms. The molecular formula is C18H22N4O3. The lowest BCUT2D eigenvalue weighted by atomic mass is 10.0. The van der Waals surface area contributed by atoms with Crippen LogP contribution in [-0.2, 0) is 7.05 Å². The molecule has 7 nitrogen and oxygen atoms in total. The third-order valence-corrected chi connectivity index (χ3v) is 4.67. The van der Waals surface area contributed by atoms with Gasteiger partial charge in [0.15, 0.2) is 0 Å². The molecule has 1 fully saturated rings. The normalized spacial score (nSPS) is 16.9. The average molecular weight is 342 g/mol. The van der Waals surface area contributed by atoms with Crippen molar-refractivity contribution in [3.63, 3.8) is 0 Å². The van der Waals surface area contributed by atoms with Gasteiger partial charge >= 0.3 is 0 Å². The Hall–Kier alpha value is -2.83. The first kappa shape index (κ1) is 17.0. The van der Waals surface area contributed by atoms with Crippen LogP contribution in [0, 0.1) is 6.92 Å². The van der Waals surface area contributed by atoms with Crippen molar-refractivity contribution < 1.29 is 14.3 Å². The standard InChI is InChI=1S/C18H22N4O3/c1-11-15(18(25-3)21(2)20-11)14-5-4-10-22(14)17(24)13-8-6-12(7-9-13)16(19)23/h6-9,14H,4-5,10H2,1-3H3,(H2,19,23)/t14-/m0/s1. The lowest BCUT2D eigenvalue weighted by molar-refractivity contribution is 0.0733. The van der Waals surface area contributed by atoms with Crippen LogP contribution in [0.3, 0.4) is 0 Å². The minimum atomic E-state index is -0.506. The van der Waals surface area contributed by atoms with Gasteiger partial charge in [-0.1, -0.05) is 0 Å². The predicted molar refractivity (Wildman–Crippen MR) is 92.5 cm³/mol. The summed E-state index contributed by atoms with van der Waals surface area (Å²) in [6, 6.07) is 6.38. The highest BCUT2D eigenvalue weighted by atomic mass is 16.5. The van der Waals surface area contributed by atoms with Gasteiger partial charge in [0.1, 0.15) is 0 Å². The van der Waals surface area contributed by atoms with Gasteiger partial charge in [-0.25, -0.2) is 4.68 Å². The van der Waals surface area contributed by atoms with Gasteiger partial charge in [-0.05, 0) is 44.0 Å². The molecule has 2 N–H and O–H groups in total. The maximum absolute atomic E-state index is 13.0. The molecule has 0 aliphatic carbocycles. The van der Waals surface area contributed by atoms with Gasteiger partial charge in [0.05, 0.1) is 24.4 Å². The number of rotatable bonds is 4. The second-order valence-corrected chi connectivity index (χ2v) is 6.23. The van der Waals surface area contributed by atoms with Gasteiger partial charge < -0.3 is 15.4 Å². The van der Waals surface area contributed by atoms with Crippen molar-refractivity contribution in [2.45, 2.75) is 25.8 Å². The molecule has 2 heterocycles. The molecule has 0 saturated carbocycles. The van der Waals surface area contributed by atoms with Crippen LogP contribution in [0.4, 0.5) is 0 Å². The van der Waals surface area contributed by atoms with Crippen LogP contribution >= 0.6 is 0 Å². The maximum atomic E-state index is 13.0. The fourth-order valence-electron chi connectivity index (χ4n) is 3.53. The molecule has 7 heteroatoms. The zero-order chi connectivity index (χ0) is 18.1. The SMILES string of the molecule is COc1c([C@@H]2CCCN2C(=O)c2ccc(C(N)=O)cc2)c(C)nn1C. The summed E-state index contributed by atoms with van der Waals surface area (Å²) in [5, 5.41) is 4.43. The summed E-state index contributed by atoms with van der Waals surface area (Å²) >= 11 is 0. The van der Waals surface area contributed by atoms with Gasteiger partial charge in [-0.2, -0.15) is 5.10 Å². The van der Waals surface area contributed by atoms with Crippen LogP contribution in [0.5, 0.6) is 5.88 Å². The van der Waals surface area contributed by atoms with E-state index in [1.54, 1.807) is 36.1 Å². The Morgan fingerprint density at radius 3 is 2.48 bits per heavy atom. The van der Waals surface area contributed by atoms with Crippen LogP contribution in [-0.4, -0.2) is 40.1 Å². The first-order chi connectivity index (χ1) is 11.9. The van der Waals surface area contributed by atoms with E-state index >= 15 is 0 Å². The smallest absolute Gasteiger partial charge is 0.254 e. The number of ether oxygens (including phenoxy) is 1. The lowest BCUT2D eigenvalue weighted by Crippen LogP contribution is -2.31. The van der Waals surface area contributed by atoms with Gasteiger partial charge in [-0.3, -0.25) is 9.59 Å². The fraction of sp³-hybridized carbons (Fsp3) is 0.389. The number of aromatic nitrogens is 2. The number of methoxy groups -OCH3 is 1. The predicted octanol–water partition coefficient (Wildman–Crippen LogP) is 1.81. The molecule has 2 aromatic rings. The highest BCUT2D eigenvalue weighted by Crippen LogP contribution is 2.39. The van der Waals surface area contributed by atoms with Crippen molar-refractivity contribution in [3.8, 4) is 5.88 Å². The molecule has 1 aromatic carbocycles. The van der Waals surface area contributed by atoms with Crippen molar-refractivity contribution in [1.82, 2.24) is 14.7 Å². The van der Waals surface area contributed by atoms with Crippen molar-refractivity contribution in [1.29, 1.82) is 0 Å². The molecule has 1 aliphatic heterocycles. The summed E-state index contributed by atoms with van der Waals surface area (Å²) in [4.78, 5) is 26.0.